The highest BCUT2D eigenvalue weighted by molar-refractivity contribution is 8.03. The van der Waals surface area contributed by atoms with Crippen LogP contribution in [0.25, 0.3) is 17.1 Å². The van der Waals surface area contributed by atoms with Gasteiger partial charge in [-0.05, 0) is 18.6 Å². The Bertz CT molecular complexity index is 1140. The van der Waals surface area contributed by atoms with Gasteiger partial charge in [0.25, 0.3) is 0 Å². The van der Waals surface area contributed by atoms with Crippen LogP contribution in [-0.2, 0) is 6.54 Å². The number of benzene rings is 1. The zero-order chi connectivity index (χ0) is 24.6. The fourth-order valence-corrected chi connectivity index (χ4v) is 5.62. The van der Waals surface area contributed by atoms with Gasteiger partial charge in [-0.2, -0.15) is 18.3 Å². The van der Waals surface area contributed by atoms with Crippen molar-refractivity contribution in [1.29, 1.82) is 0 Å². The first kappa shape index (κ1) is 23.9. The quantitative estimate of drug-likeness (QED) is 0.639. The topological polar surface area (TPSA) is 95.8 Å². The molecule has 0 unspecified atom stereocenters. The third kappa shape index (κ3) is 5.26. The first-order chi connectivity index (χ1) is 16.8. The number of fused-ring (bicyclic) bond motifs is 2. The molecule has 0 bridgehead atoms. The summed E-state index contributed by atoms with van der Waals surface area (Å²) < 4.78 is 45.5. The van der Waals surface area contributed by atoms with E-state index in [1.54, 1.807) is 34.9 Å². The second-order valence-corrected chi connectivity index (χ2v) is 9.65. The molecule has 0 aliphatic carbocycles. The maximum atomic E-state index is 13.0. The lowest BCUT2D eigenvalue weighted by atomic mass is 10.1. The van der Waals surface area contributed by atoms with Gasteiger partial charge in [0.15, 0.2) is 5.82 Å². The average Bonchev–Trinajstić information content (AvgIpc) is 3.51. The van der Waals surface area contributed by atoms with Crippen molar-refractivity contribution in [1.82, 2.24) is 29.9 Å². The molecule has 0 spiro atoms. The zero-order valence-electron chi connectivity index (χ0n) is 18.8. The first-order valence-corrected chi connectivity index (χ1v) is 12.3. The number of aromatic nitrogens is 3. The van der Waals surface area contributed by atoms with Gasteiger partial charge < -0.3 is 15.2 Å². The van der Waals surface area contributed by atoms with Crippen molar-refractivity contribution in [3.8, 4) is 17.1 Å². The van der Waals surface area contributed by atoms with Crippen LogP contribution in [0, 0.1) is 0 Å². The molecule has 4 heterocycles. The number of nitrogens with one attached hydrogen (secondary N) is 1. The maximum Gasteiger partial charge on any atom is 0.408 e. The monoisotopic (exact) mass is 510 g/mol. The fraction of sp³-hybridized carbons (Fsp3) is 0.500. The van der Waals surface area contributed by atoms with E-state index in [0.717, 1.165) is 34.6 Å². The highest BCUT2D eigenvalue weighted by Gasteiger charge is 2.34. The number of likely N-dealkylation sites (tertiary alicyclic amines) is 1. The predicted molar refractivity (Wildman–Crippen MR) is 123 cm³/mol. The molecule has 3 aliphatic rings. The smallest absolute Gasteiger partial charge is 0.408 e. The molecule has 2 amide bonds. The number of aliphatic hydroxyl groups excluding tert-OH is 1. The minimum Gasteiger partial charge on any atom is -0.492 e. The molecule has 1 aromatic carbocycles. The number of hydrogen-bond acceptors (Lipinski definition) is 7. The Morgan fingerprint density at radius 3 is 2.97 bits per heavy atom. The molecule has 1 aromatic heterocycles. The highest BCUT2D eigenvalue weighted by Crippen LogP contribution is 2.45. The number of alkyl halides is 3. The molecule has 1 saturated heterocycles. The lowest BCUT2D eigenvalue weighted by Crippen LogP contribution is -2.41. The summed E-state index contributed by atoms with van der Waals surface area (Å²) in [6.07, 6.45) is -2.25. The second kappa shape index (κ2) is 9.70. The van der Waals surface area contributed by atoms with E-state index >= 15 is 0 Å². The van der Waals surface area contributed by atoms with Gasteiger partial charge in [-0.15, -0.1) is 11.8 Å². The lowest BCUT2D eigenvalue weighted by molar-refractivity contribution is -0.142. The maximum absolute atomic E-state index is 13.0. The Labute approximate surface area is 203 Å². The fourth-order valence-electron chi connectivity index (χ4n) is 4.51. The van der Waals surface area contributed by atoms with E-state index < -0.39 is 12.7 Å². The SMILES string of the molecule is O=C(NCCN1CC[C@H](O)C1)N1CSC2=C1c1ccc(-c3ncnn3CC(F)(F)F)cc1OCC2. The van der Waals surface area contributed by atoms with Crippen molar-refractivity contribution in [3.63, 3.8) is 0 Å². The molecule has 3 aliphatic heterocycles. The van der Waals surface area contributed by atoms with Gasteiger partial charge in [0.2, 0.25) is 0 Å². The number of ether oxygens (including phenoxy) is 1. The number of urea groups is 1. The van der Waals surface area contributed by atoms with Crippen LogP contribution >= 0.6 is 11.8 Å². The number of hydrogen-bond donors (Lipinski definition) is 2. The molecule has 0 saturated carbocycles. The van der Waals surface area contributed by atoms with Crippen LogP contribution < -0.4 is 10.1 Å². The molecule has 13 heteroatoms. The number of β-amino-alcohol motifs (C(OH)–C–C–N with tert-alkyl or cyclic N) is 1. The number of thioether (sulfide) groups is 1. The van der Waals surface area contributed by atoms with Crippen LogP contribution in [0.3, 0.4) is 0 Å². The Morgan fingerprint density at radius 1 is 1.34 bits per heavy atom. The number of halogens is 3. The van der Waals surface area contributed by atoms with E-state index in [1.807, 2.05) is 0 Å². The van der Waals surface area contributed by atoms with Gasteiger partial charge in [-0.1, -0.05) is 6.07 Å². The van der Waals surface area contributed by atoms with E-state index in [4.69, 9.17) is 4.74 Å². The largest absolute Gasteiger partial charge is 0.492 e. The molecule has 1 fully saturated rings. The van der Waals surface area contributed by atoms with Crippen LogP contribution in [0.5, 0.6) is 5.75 Å². The van der Waals surface area contributed by atoms with Crippen molar-refractivity contribution >= 4 is 23.5 Å². The van der Waals surface area contributed by atoms with E-state index in [-0.39, 0.29) is 18.0 Å². The summed E-state index contributed by atoms with van der Waals surface area (Å²) in [5.41, 5.74) is 1.93. The van der Waals surface area contributed by atoms with Gasteiger partial charge in [0.1, 0.15) is 18.6 Å². The molecule has 1 atom stereocenters. The minimum absolute atomic E-state index is 0.0922. The number of nitrogens with zero attached hydrogens (tertiary/aromatic N) is 5. The number of amides is 2. The number of carbonyl (C=O) groups is 1. The van der Waals surface area contributed by atoms with Crippen LogP contribution in [-0.4, -0.2) is 86.6 Å². The van der Waals surface area contributed by atoms with Crippen molar-refractivity contribution in [2.24, 2.45) is 0 Å². The summed E-state index contributed by atoms with van der Waals surface area (Å²) in [6.45, 7) is 1.72. The summed E-state index contributed by atoms with van der Waals surface area (Å²) in [5.74, 6) is 1.05. The number of aliphatic hydroxyl groups is 1. The molecule has 35 heavy (non-hydrogen) atoms. The highest BCUT2D eigenvalue weighted by atomic mass is 32.2. The summed E-state index contributed by atoms with van der Waals surface area (Å²) in [7, 11) is 0. The summed E-state index contributed by atoms with van der Waals surface area (Å²) in [4.78, 5) is 21.9. The zero-order valence-corrected chi connectivity index (χ0v) is 19.6. The van der Waals surface area contributed by atoms with Gasteiger partial charge in [-0.3, -0.25) is 9.80 Å². The lowest BCUT2D eigenvalue weighted by Gasteiger charge is -2.23. The van der Waals surface area contributed by atoms with Crippen LogP contribution in [0.1, 0.15) is 18.4 Å². The van der Waals surface area contributed by atoms with E-state index in [2.05, 4.69) is 20.3 Å². The number of rotatable bonds is 5. The molecule has 9 nitrogen and oxygen atoms in total. The van der Waals surface area contributed by atoms with E-state index in [9.17, 15) is 23.1 Å². The Kier molecular flexibility index (Phi) is 6.64. The van der Waals surface area contributed by atoms with Gasteiger partial charge in [-0.25, -0.2) is 14.5 Å². The van der Waals surface area contributed by atoms with Crippen molar-refractivity contribution in [2.45, 2.75) is 31.7 Å². The Morgan fingerprint density at radius 2 is 2.20 bits per heavy atom. The van der Waals surface area contributed by atoms with Crippen molar-refractivity contribution in [3.05, 3.63) is 35.0 Å². The Hall–Kier alpha value is -2.77. The van der Waals surface area contributed by atoms with E-state index in [1.165, 1.54) is 0 Å². The predicted octanol–water partition coefficient (Wildman–Crippen LogP) is 2.74. The summed E-state index contributed by atoms with van der Waals surface area (Å²) in [5, 5.41) is 16.3. The van der Waals surface area contributed by atoms with Gasteiger partial charge in [0, 0.05) is 48.6 Å². The summed E-state index contributed by atoms with van der Waals surface area (Å²) in [6, 6.07) is 4.87. The number of carbonyl (C=O) groups excluding carboxylic acids is 1. The molecular formula is C22H25F3N6O3S. The molecule has 2 N–H and O–H groups in total. The summed E-state index contributed by atoms with van der Waals surface area (Å²) >= 11 is 1.58. The van der Waals surface area contributed by atoms with Crippen molar-refractivity contribution < 1.29 is 27.8 Å². The van der Waals surface area contributed by atoms with Gasteiger partial charge in [0.05, 0.1) is 24.3 Å². The second-order valence-electron chi connectivity index (χ2n) is 8.61. The minimum atomic E-state index is -4.42. The molecule has 5 rings (SSSR count). The third-order valence-corrected chi connectivity index (χ3v) is 7.26. The normalized spacial score (nSPS) is 20.5. The molecule has 0 radical (unpaired) electrons. The third-order valence-electron chi connectivity index (χ3n) is 6.13. The molecule has 188 valence electrons. The van der Waals surface area contributed by atoms with Crippen LogP contribution in [0.2, 0.25) is 0 Å². The van der Waals surface area contributed by atoms with Crippen molar-refractivity contribution in [2.75, 3.05) is 38.7 Å². The van der Waals surface area contributed by atoms with E-state index in [0.29, 0.717) is 55.4 Å². The standard InChI is InChI=1S/C22H25F3N6O3S/c23-22(24,25)11-31-20(27-12-28-31)14-1-2-16-17(9-14)34-8-4-18-19(16)30(13-35-18)21(33)26-5-7-29-6-3-15(32)10-29/h1-2,9,12,15,32H,3-8,10-11,13H2,(H,26,33)/t15-/m0/s1. The average molecular weight is 511 g/mol. The first-order valence-electron chi connectivity index (χ1n) is 11.3. The molecule has 2 aromatic rings. The molecular weight excluding hydrogens is 485 g/mol. The van der Waals surface area contributed by atoms with Gasteiger partial charge >= 0.3 is 12.2 Å². The van der Waals surface area contributed by atoms with Crippen LogP contribution in [0.4, 0.5) is 18.0 Å². The Balaban J connectivity index is 1.34. The van der Waals surface area contributed by atoms with Crippen LogP contribution in [0.15, 0.2) is 29.4 Å².